The molecule has 0 radical (unpaired) electrons. The van der Waals surface area contributed by atoms with Crippen LogP contribution in [0.5, 0.6) is 0 Å². The predicted molar refractivity (Wildman–Crippen MR) is 34.0 cm³/mol. The SMILES string of the molecule is O=S1(=O)CCNC2CC21. The molecular weight excluding hydrogens is 138 g/mol. The van der Waals surface area contributed by atoms with Crippen LogP contribution < -0.4 is 5.32 Å². The number of fused-ring (bicyclic) bond motifs is 1. The van der Waals surface area contributed by atoms with Gasteiger partial charge in [-0.05, 0) is 6.42 Å². The van der Waals surface area contributed by atoms with Crippen LogP contribution in [0.2, 0.25) is 0 Å². The standard InChI is InChI=1S/C5H9NO2S/c7-9(8)2-1-6-4-3-5(4)9/h4-6H,1-3H2. The van der Waals surface area contributed by atoms with Crippen LogP contribution >= 0.6 is 0 Å². The van der Waals surface area contributed by atoms with E-state index in [9.17, 15) is 8.42 Å². The van der Waals surface area contributed by atoms with Crippen LogP contribution in [0.15, 0.2) is 0 Å². The Hall–Kier alpha value is -0.0900. The van der Waals surface area contributed by atoms with Crippen LogP contribution in [-0.2, 0) is 9.84 Å². The van der Waals surface area contributed by atoms with Gasteiger partial charge in [0, 0.05) is 12.6 Å². The average Bonchev–Trinajstić information content (AvgIpc) is 2.43. The molecule has 0 spiro atoms. The number of sulfone groups is 1. The molecule has 0 amide bonds. The molecule has 2 atom stereocenters. The first-order valence-electron chi connectivity index (χ1n) is 3.15. The zero-order valence-corrected chi connectivity index (χ0v) is 5.82. The van der Waals surface area contributed by atoms with Gasteiger partial charge in [-0.3, -0.25) is 0 Å². The zero-order valence-electron chi connectivity index (χ0n) is 5.00. The van der Waals surface area contributed by atoms with Crippen molar-refractivity contribution < 1.29 is 8.42 Å². The first-order chi connectivity index (χ1) is 4.20. The van der Waals surface area contributed by atoms with Crippen molar-refractivity contribution >= 4 is 9.84 Å². The molecular formula is C5H9NO2S. The molecule has 1 saturated carbocycles. The highest BCUT2D eigenvalue weighted by Gasteiger charge is 2.49. The van der Waals surface area contributed by atoms with Crippen LogP contribution in [0.4, 0.5) is 0 Å². The minimum absolute atomic E-state index is 0.0220. The smallest absolute Gasteiger partial charge is 0.155 e. The monoisotopic (exact) mass is 147 g/mol. The predicted octanol–water partition coefficient (Wildman–Crippen LogP) is -0.855. The van der Waals surface area contributed by atoms with Gasteiger partial charge < -0.3 is 5.32 Å². The number of hydrogen-bond donors (Lipinski definition) is 1. The third kappa shape index (κ3) is 0.773. The Morgan fingerprint density at radius 1 is 1.44 bits per heavy atom. The molecule has 2 rings (SSSR count). The maximum atomic E-state index is 11.0. The number of rotatable bonds is 0. The van der Waals surface area contributed by atoms with Gasteiger partial charge in [0.05, 0.1) is 11.0 Å². The lowest BCUT2D eigenvalue weighted by Crippen LogP contribution is -2.35. The first kappa shape index (κ1) is 5.68. The maximum absolute atomic E-state index is 11.0. The van der Waals surface area contributed by atoms with Gasteiger partial charge in [-0.2, -0.15) is 0 Å². The molecule has 4 heteroatoms. The third-order valence-corrected chi connectivity index (χ3v) is 4.20. The van der Waals surface area contributed by atoms with Crippen molar-refractivity contribution in [2.24, 2.45) is 0 Å². The molecule has 0 aromatic carbocycles. The van der Waals surface area contributed by atoms with Gasteiger partial charge in [0.25, 0.3) is 0 Å². The minimum atomic E-state index is -2.65. The van der Waals surface area contributed by atoms with E-state index in [1.165, 1.54) is 0 Å². The number of hydrogen-bond acceptors (Lipinski definition) is 3. The molecule has 0 aromatic heterocycles. The van der Waals surface area contributed by atoms with Gasteiger partial charge in [0.2, 0.25) is 0 Å². The fourth-order valence-electron chi connectivity index (χ4n) is 1.32. The van der Waals surface area contributed by atoms with Gasteiger partial charge in [-0.15, -0.1) is 0 Å². The molecule has 2 fully saturated rings. The van der Waals surface area contributed by atoms with E-state index in [2.05, 4.69) is 5.32 Å². The van der Waals surface area contributed by atoms with Crippen LogP contribution in [0, 0.1) is 0 Å². The molecule has 0 aromatic rings. The second-order valence-electron chi connectivity index (χ2n) is 2.70. The summed E-state index contributed by atoms with van der Waals surface area (Å²) in [7, 11) is -2.65. The lowest BCUT2D eigenvalue weighted by atomic mass is 10.6. The Morgan fingerprint density at radius 3 is 2.78 bits per heavy atom. The Morgan fingerprint density at radius 2 is 2.22 bits per heavy atom. The Balaban J connectivity index is 2.28. The topological polar surface area (TPSA) is 46.2 Å². The highest BCUT2D eigenvalue weighted by Crippen LogP contribution is 2.32. The average molecular weight is 147 g/mol. The van der Waals surface area contributed by atoms with Crippen molar-refractivity contribution in [3.05, 3.63) is 0 Å². The molecule has 1 aliphatic carbocycles. The summed E-state index contributed by atoms with van der Waals surface area (Å²) in [6.45, 7) is 0.656. The van der Waals surface area contributed by atoms with E-state index >= 15 is 0 Å². The van der Waals surface area contributed by atoms with E-state index in [-0.39, 0.29) is 5.25 Å². The van der Waals surface area contributed by atoms with E-state index in [1.807, 2.05) is 0 Å². The molecule has 0 bridgehead atoms. The zero-order chi connectivity index (χ0) is 6.48. The summed E-state index contributed by atoms with van der Waals surface area (Å²) >= 11 is 0. The Kier molecular flexibility index (Phi) is 0.941. The first-order valence-corrected chi connectivity index (χ1v) is 4.87. The highest BCUT2D eigenvalue weighted by molar-refractivity contribution is 7.92. The fourth-order valence-corrected chi connectivity index (χ4v) is 3.12. The van der Waals surface area contributed by atoms with Crippen LogP contribution in [0.25, 0.3) is 0 Å². The highest BCUT2D eigenvalue weighted by atomic mass is 32.2. The van der Waals surface area contributed by atoms with Crippen molar-refractivity contribution in [1.29, 1.82) is 0 Å². The minimum Gasteiger partial charge on any atom is -0.312 e. The molecule has 2 aliphatic rings. The summed E-state index contributed by atoms with van der Waals surface area (Å²) in [4.78, 5) is 0. The van der Waals surface area contributed by atoms with Gasteiger partial charge in [-0.1, -0.05) is 0 Å². The second kappa shape index (κ2) is 1.49. The van der Waals surface area contributed by atoms with E-state index < -0.39 is 9.84 Å². The van der Waals surface area contributed by atoms with Crippen LogP contribution in [0.1, 0.15) is 6.42 Å². The Labute approximate surface area is 54.4 Å². The van der Waals surface area contributed by atoms with E-state index in [4.69, 9.17) is 0 Å². The summed E-state index contributed by atoms with van der Waals surface area (Å²) in [5.74, 6) is 0.341. The van der Waals surface area contributed by atoms with E-state index in [0.29, 0.717) is 18.3 Å². The largest absolute Gasteiger partial charge is 0.312 e. The third-order valence-electron chi connectivity index (χ3n) is 1.99. The van der Waals surface area contributed by atoms with Gasteiger partial charge in [-0.25, -0.2) is 8.42 Å². The normalized spacial score (nSPS) is 45.8. The van der Waals surface area contributed by atoms with Crippen molar-refractivity contribution in [2.75, 3.05) is 12.3 Å². The van der Waals surface area contributed by atoms with Gasteiger partial charge in [0.15, 0.2) is 9.84 Å². The summed E-state index contributed by atoms with van der Waals surface area (Å²) in [6, 6.07) is 0.309. The molecule has 3 nitrogen and oxygen atoms in total. The van der Waals surface area contributed by atoms with Crippen molar-refractivity contribution in [2.45, 2.75) is 17.7 Å². The molecule has 1 saturated heterocycles. The molecule has 2 unspecified atom stereocenters. The summed E-state index contributed by atoms with van der Waals surface area (Å²) < 4.78 is 22.0. The lowest BCUT2D eigenvalue weighted by Gasteiger charge is -2.10. The Bertz CT molecular complexity index is 221. The molecule has 9 heavy (non-hydrogen) atoms. The molecule has 1 aliphatic heterocycles. The summed E-state index contributed by atoms with van der Waals surface area (Å²) in [5.41, 5.74) is 0. The van der Waals surface area contributed by atoms with Gasteiger partial charge >= 0.3 is 0 Å². The quantitative estimate of drug-likeness (QED) is 0.485. The van der Waals surface area contributed by atoms with E-state index in [1.54, 1.807) is 0 Å². The van der Waals surface area contributed by atoms with Crippen molar-refractivity contribution in [3.8, 4) is 0 Å². The molecule has 1 N–H and O–H groups in total. The van der Waals surface area contributed by atoms with Crippen LogP contribution in [-0.4, -0.2) is 32.0 Å². The van der Waals surface area contributed by atoms with E-state index in [0.717, 1.165) is 6.42 Å². The maximum Gasteiger partial charge on any atom is 0.155 e. The lowest BCUT2D eigenvalue weighted by molar-refractivity contribution is 0.576. The summed E-state index contributed by atoms with van der Waals surface area (Å²) in [6.07, 6.45) is 0.850. The second-order valence-corrected chi connectivity index (χ2v) is 5.04. The summed E-state index contributed by atoms with van der Waals surface area (Å²) in [5, 5.41) is 3.11. The van der Waals surface area contributed by atoms with Crippen molar-refractivity contribution in [1.82, 2.24) is 5.32 Å². The number of nitrogens with one attached hydrogen (secondary N) is 1. The van der Waals surface area contributed by atoms with Crippen molar-refractivity contribution in [3.63, 3.8) is 0 Å². The van der Waals surface area contributed by atoms with Gasteiger partial charge in [0.1, 0.15) is 0 Å². The fraction of sp³-hybridized carbons (Fsp3) is 1.00. The molecule has 52 valence electrons. The molecule has 1 heterocycles. The van der Waals surface area contributed by atoms with Crippen LogP contribution in [0.3, 0.4) is 0 Å².